The zero-order chi connectivity index (χ0) is 8.54. The zero-order valence-electron chi connectivity index (χ0n) is 8.12. The van der Waals surface area contributed by atoms with Crippen molar-refractivity contribution in [2.75, 3.05) is 13.1 Å². The summed E-state index contributed by atoms with van der Waals surface area (Å²) < 4.78 is 0. The average molecular weight is 156 g/mol. The van der Waals surface area contributed by atoms with Gasteiger partial charge in [0.2, 0.25) is 0 Å². The second kappa shape index (κ2) is 2.76. The number of hydrogen-bond donors (Lipinski definition) is 2. The van der Waals surface area contributed by atoms with Gasteiger partial charge < -0.3 is 0 Å². The molecule has 0 bridgehead atoms. The molecule has 1 aliphatic heterocycles. The van der Waals surface area contributed by atoms with Gasteiger partial charge in [0.15, 0.2) is 0 Å². The van der Waals surface area contributed by atoms with Gasteiger partial charge in [0.25, 0.3) is 0 Å². The molecule has 2 heteroatoms. The van der Waals surface area contributed by atoms with E-state index in [-0.39, 0.29) is 0 Å². The van der Waals surface area contributed by atoms with Crippen LogP contribution in [0.1, 0.15) is 34.1 Å². The van der Waals surface area contributed by atoms with E-state index in [2.05, 4.69) is 38.5 Å². The lowest BCUT2D eigenvalue weighted by atomic mass is 9.76. The molecule has 0 unspecified atom stereocenters. The molecular weight excluding hydrogens is 136 g/mol. The maximum Gasteiger partial charge on any atom is 0.0151 e. The SMILES string of the molecule is CC1(C)CNNCC(C)(C)C1. The minimum absolute atomic E-state index is 0.424. The third kappa shape index (κ3) is 2.80. The van der Waals surface area contributed by atoms with Gasteiger partial charge in [0.1, 0.15) is 0 Å². The molecule has 0 aromatic carbocycles. The highest BCUT2D eigenvalue weighted by Gasteiger charge is 2.30. The van der Waals surface area contributed by atoms with Crippen LogP contribution in [0.3, 0.4) is 0 Å². The van der Waals surface area contributed by atoms with Gasteiger partial charge in [-0.05, 0) is 17.3 Å². The van der Waals surface area contributed by atoms with Crippen LogP contribution in [0.5, 0.6) is 0 Å². The second-order valence-electron chi connectivity index (χ2n) is 5.21. The normalized spacial score (nSPS) is 29.5. The molecule has 1 heterocycles. The predicted molar refractivity (Wildman–Crippen MR) is 48.2 cm³/mol. The highest BCUT2D eigenvalue weighted by atomic mass is 15.4. The number of hydrogen-bond acceptors (Lipinski definition) is 2. The topological polar surface area (TPSA) is 24.1 Å². The van der Waals surface area contributed by atoms with Gasteiger partial charge in [-0.3, -0.25) is 10.9 Å². The van der Waals surface area contributed by atoms with E-state index in [1.807, 2.05) is 0 Å². The summed E-state index contributed by atoms with van der Waals surface area (Å²) in [6.45, 7) is 11.4. The van der Waals surface area contributed by atoms with Crippen molar-refractivity contribution in [1.82, 2.24) is 10.9 Å². The number of hydrazine groups is 1. The highest BCUT2D eigenvalue weighted by Crippen LogP contribution is 2.33. The highest BCUT2D eigenvalue weighted by molar-refractivity contribution is 4.84. The zero-order valence-corrected chi connectivity index (χ0v) is 8.12. The maximum atomic E-state index is 3.24. The fourth-order valence-corrected chi connectivity index (χ4v) is 2.02. The van der Waals surface area contributed by atoms with Crippen molar-refractivity contribution in [1.29, 1.82) is 0 Å². The van der Waals surface area contributed by atoms with Crippen LogP contribution < -0.4 is 10.9 Å². The molecule has 0 aliphatic carbocycles. The molecule has 11 heavy (non-hydrogen) atoms. The van der Waals surface area contributed by atoms with Crippen molar-refractivity contribution in [3.8, 4) is 0 Å². The third-order valence-electron chi connectivity index (χ3n) is 2.22. The first kappa shape index (κ1) is 9.01. The van der Waals surface area contributed by atoms with Gasteiger partial charge in [-0.25, -0.2) is 0 Å². The average Bonchev–Trinajstić information content (AvgIpc) is 1.86. The molecule has 0 saturated carbocycles. The molecule has 1 aliphatic rings. The molecule has 66 valence electrons. The summed E-state index contributed by atoms with van der Waals surface area (Å²) in [6.07, 6.45) is 1.28. The fraction of sp³-hybridized carbons (Fsp3) is 1.00. The Kier molecular flexibility index (Phi) is 2.26. The molecule has 1 fully saturated rings. The van der Waals surface area contributed by atoms with E-state index in [1.54, 1.807) is 0 Å². The molecule has 1 rings (SSSR count). The summed E-state index contributed by atoms with van der Waals surface area (Å²) in [4.78, 5) is 0. The van der Waals surface area contributed by atoms with Gasteiger partial charge in [-0.15, -0.1) is 0 Å². The lowest BCUT2D eigenvalue weighted by Crippen LogP contribution is -2.36. The van der Waals surface area contributed by atoms with E-state index >= 15 is 0 Å². The lowest BCUT2D eigenvalue weighted by molar-refractivity contribution is 0.224. The van der Waals surface area contributed by atoms with Crippen molar-refractivity contribution in [2.24, 2.45) is 10.8 Å². The quantitative estimate of drug-likeness (QED) is 0.556. The largest absolute Gasteiger partial charge is 0.257 e. The Labute approximate surface area is 69.7 Å². The van der Waals surface area contributed by atoms with Gasteiger partial charge in [-0.2, -0.15) is 0 Å². The monoisotopic (exact) mass is 156 g/mol. The smallest absolute Gasteiger partial charge is 0.0151 e. The predicted octanol–water partition coefficient (Wildman–Crippen LogP) is 1.54. The molecule has 0 aromatic heterocycles. The van der Waals surface area contributed by atoms with E-state index in [4.69, 9.17) is 0 Å². The Morgan fingerprint density at radius 1 is 0.818 bits per heavy atom. The van der Waals surface area contributed by atoms with E-state index in [0.29, 0.717) is 10.8 Å². The van der Waals surface area contributed by atoms with Crippen LogP contribution in [0.2, 0.25) is 0 Å². The van der Waals surface area contributed by atoms with Crippen molar-refractivity contribution in [3.05, 3.63) is 0 Å². The van der Waals surface area contributed by atoms with Crippen LogP contribution in [0.25, 0.3) is 0 Å². The molecule has 0 amide bonds. The minimum Gasteiger partial charge on any atom is -0.257 e. The molecule has 0 spiro atoms. The van der Waals surface area contributed by atoms with Gasteiger partial charge in [0, 0.05) is 13.1 Å². The molecule has 2 N–H and O–H groups in total. The first-order chi connectivity index (χ1) is 4.91. The Bertz CT molecular complexity index is 122. The van der Waals surface area contributed by atoms with E-state index < -0.39 is 0 Å². The molecule has 1 saturated heterocycles. The number of nitrogens with one attached hydrogen (secondary N) is 2. The molecule has 0 radical (unpaired) electrons. The Morgan fingerprint density at radius 2 is 1.18 bits per heavy atom. The van der Waals surface area contributed by atoms with Crippen LogP contribution in [-0.2, 0) is 0 Å². The summed E-state index contributed by atoms with van der Waals surface area (Å²) in [5.74, 6) is 0. The van der Waals surface area contributed by atoms with Crippen LogP contribution in [0.4, 0.5) is 0 Å². The summed E-state index contributed by atoms with van der Waals surface area (Å²) in [5, 5.41) is 0. The Balaban J connectivity index is 2.62. The number of rotatable bonds is 0. The molecule has 0 atom stereocenters. The Morgan fingerprint density at radius 3 is 1.55 bits per heavy atom. The summed E-state index contributed by atoms with van der Waals surface area (Å²) in [5.41, 5.74) is 7.33. The molecule has 2 nitrogen and oxygen atoms in total. The van der Waals surface area contributed by atoms with Crippen LogP contribution >= 0.6 is 0 Å². The van der Waals surface area contributed by atoms with Gasteiger partial charge in [0.05, 0.1) is 0 Å². The summed E-state index contributed by atoms with van der Waals surface area (Å²) in [7, 11) is 0. The van der Waals surface area contributed by atoms with E-state index in [9.17, 15) is 0 Å². The van der Waals surface area contributed by atoms with Gasteiger partial charge in [-0.1, -0.05) is 27.7 Å². The van der Waals surface area contributed by atoms with Crippen LogP contribution in [-0.4, -0.2) is 13.1 Å². The Hall–Kier alpha value is -0.0800. The van der Waals surface area contributed by atoms with Crippen molar-refractivity contribution in [2.45, 2.75) is 34.1 Å². The fourth-order valence-electron chi connectivity index (χ4n) is 2.02. The summed E-state index contributed by atoms with van der Waals surface area (Å²) in [6, 6.07) is 0. The van der Waals surface area contributed by atoms with Crippen molar-refractivity contribution >= 4 is 0 Å². The minimum atomic E-state index is 0.424. The first-order valence-electron chi connectivity index (χ1n) is 4.37. The van der Waals surface area contributed by atoms with Crippen LogP contribution in [0, 0.1) is 10.8 Å². The summed E-state index contributed by atoms with van der Waals surface area (Å²) >= 11 is 0. The standard InChI is InChI=1S/C9H20N2/c1-8(2)5-9(3,4)7-11-10-6-8/h10-11H,5-7H2,1-4H3. The molecular formula is C9H20N2. The lowest BCUT2D eigenvalue weighted by Gasteiger charge is -2.30. The first-order valence-corrected chi connectivity index (χ1v) is 4.37. The maximum absolute atomic E-state index is 3.24. The van der Waals surface area contributed by atoms with Crippen molar-refractivity contribution < 1.29 is 0 Å². The second-order valence-corrected chi connectivity index (χ2v) is 5.21. The van der Waals surface area contributed by atoms with E-state index in [1.165, 1.54) is 6.42 Å². The van der Waals surface area contributed by atoms with Gasteiger partial charge >= 0.3 is 0 Å². The van der Waals surface area contributed by atoms with Crippen molar-refractivity contribution in [3.63, 3.8) is 0 Å². The molecule has 0 aromatic rings. The van der Waals surface area contributed by atoms with E-state index in [0.717, 1.165) is 13.1 Å². The van der Waals surface area contributed by atoms with Crippen LogP contribution in [0.15, 0.2) is 0 Å². The third-order valence-corrected chi connectivity index (χ3v) is 2.22.